The van der Waals surface area contributed by atoms with E-state index in [4.69, 9.17) is 14.2 Å². The molecule has 2 heterocycles. The lowest BCUT2D eigenvalue weighted by atomic mass is 10.0. The van der Waals surface area contributed by atoms with Gasteiger partial charge in [-0.25, -0.2) is 19.6 Å². The summed E-state index contributed by atoms with van der Waals surface area (Å²) in [6, 6.07) is 4.52. The number of methoxy groups -OCH3 is 3. The van der Waals surface area contributed by atoms with Gasteiger partial charge in [0, 0.05) is 31.7 Å². The van der Waals surface area contributed by atoms with Gasteiger partial charge in [0.25, 0.3) is 5.91 Å². The number of benzene rings is 1. The number of esters is 1. The quantitative estimate of drug-likeness (QED) is 0.602. The fourth-order valence-corrected chi connectivity index (χ4v) is 4.15. The molecule has 1 N–H and O–H groups in total. The summed E-state index contributed by atoms with van der Waals surface area (Å²) in [6.45, 7) is 8.16. The molecule has 0 spiro atoms. The number of nitrogens with one attached hydrogen (secondary N) is 1. The first kappa shape index (κ1) is 26.7. The number of aryl methyl sites for hydroxylation is 1. The Kier molecular flexibility index (Phi) is 8.33. The SMILES string of the molecule is COC(=O)c1c(C(=O)N2CCN(C(=O)Nc3ccc(OC)cc3OC)C(C)C2)nc(C)nc1C(C)C. The summed E-state index contributed by atoms with van der Waals surface area (Å²) in [5.74, 6) is 0.320. The number of anilines is 1. The molecule has 0 radical (unpaired) electrons. The Bertz CT molecular complexity index is 1150. The highest BCUT2D eigenvalue weighted by atomic mass is 16.5. The average molecular weight is 500 g/mol. The number of ether oxygens (including phenoxy) is 3. The van der Waals surface area contributed by atoms with Crippen molar-refractivity contribution in [3.05, 3.63) is 41.0 Å². The van der Waals surface area contributed by atoms with Crippen LogP contribution in [0.2, 0.25) is 0 Å². The van der Waals surface area contributed by atoms with E-state index in [-0.39, 0.29) is 42.3 Å². The number of piperazine rings is 1. The first-order valence-corrected chi connectivity index (χ1v) is 11.7. The van der Waals surface area contributed by atoms with Gasteiger partial charge in [0.2, 0.25) is 0 Å². The summed E-state index contributed by atoms with van der Waals surface area (Å²) >= 11 is 0. The maximum absolute atomic E-state index is 13.5. The lowest BCUT2D eigenvalue weighted by Gasteiger charge is -2.39. The van der Waals surface area contributed by atoms with Gasteiger partial charge in [-0.05, 0) is 31.9 Å². The van der Waals surface area contributed by atoms with Crippen molar-refractivity contribution in [2.24, 2.45) is 0 Å². The van der Waals surface area contributed by atoms with Crippen LogP contribution >= 0.6 is 0 Å². The molecule has 1 aliphatic heterocycles. The molecule has 11 heteroatoms. The summed E-state index contributed by atoms with van der Waals surface area (Å²) in [6.07, 6.45) is 0. The molecule has 0 saturated carbocycles. The van der Waals surface area contributed by atoms with E-state index in [1.807, 2.05) is 20.8 Å². The standard InChI is InChI=1S/C25H33N5O6/c1-14(2)21-20(24(32)36-7)22(27-16(4)26-21)23(31)29-10-11-30(15(3)13-29)25(33)28-18-9-8-17(34-5)12-19(18)35-6/h8-9,12,14-15H,10-11,13H2,1-7H3,(H,28,33). The highest BCUT2D eigenvalue weighted by Gasteiger charge is 2.34. The summed E-state index contributed by atoms with van der Waals surface area (Å²) in [4.78, 5) is 51.1. The van der Waals surface area contributed by atoms with Crippen LogP contribution in [0, 0.1) is 6.92 Å². The molecule has 0 aliphatic carbocycles. The van der Waals surface area contributed by atoms with E-state index in [9.17, 15) is 14.4 Å². The summed E-state index contributed by atoms with van der Waals surface area (Å²) < 4.78 is 15.5. The molecule has 1 aliphatic rings. The van der Waals surface area contributed by atoms with Gasteiger partial charge in [0.15, 0.2) is 0 Å². The normalized spacial score (nSPS) is 15.5. The molecule has 11 nitrogen and oxygen atoms in total. The molecular weight excluding hydrogens is 466 g/mol. The predicted molar refractivity (Wildman–Crippen MR) is 133 cm³/mol. The first-order chi connectivity index (χ1) is 17.1. The molecule has 194 valence electrons. The Morgan fingerprint density at radius 1 is 1.08 bits per heavy atom. The van der Waals surface area contributed by atoms with Crippen LogP contribution in [0.5, 0.6) is 11.5 Å². The van der Waals surface area contributed by atoms with Crippen LogP contribution in [0.15, 0.2) is 18.2 Å². The third kappa shape index (κ3) is 5.50. The minimum absolute atomic E-state index is 0.0196. The van der Waals surface area contributed by atoms with Gasteiger partial charge in [-0.15, -0.1) is 0 Å². The number of aromatic nitrogens is 2. The smallest absolute Gasteiger partial charge is 0.342 e. The molecule has 3 amide bonds. The van der Waals surface area contributed by atoms with Crippen molar-refractivity contribution in [2.45, 2.75) is 39.7 Å². The van der Waals surface area contributed by atoms with Crippen molar-refractivity contribution < 1.29 is 28.6 Å². The number of carbonyl (C=O) groups excluding carboxylic acids is 3. The van der Waals surface area contributed by atoms with Crippen molar-refractivity contribution in [1.82, 2.24) is 19.8 Å². The Balaban J connectivity index is 1.79. The topological polar surface area (TPSA) is 123 Å². The van der Waals surface area contributed by atoms with E-state index >= 15 is 0 Å². The van der Waals surface area contributed by atoms with Crippen molar-refractivity contribution >= 4 is 23.6 Å². The van der Waals surface area contributed by atoms with Gasteiger partial charge in [-0.3, -0.25) is 4.79 Å². The third-order valence-corrected chi connectivity index (χ3v) is 6.01. The Morgan fingerprint density at radius 3 is 2.39 bits per heavy atom. The molecule has 3 rings (SSSR count). The van der Waals surface area contributed by atoms with E-state index in [1.54, 1.807) is 42.0 Å². The zero-order valence-corrected chi connectivity index (χ0v) is 21.7. The minimum atomic E-state index is -0.651. The maximum atomic E-state index is 13.5. The van der Waals surface area contributed by atoms with E-state index in [2.05, 4.69) is 15.3 Å². The van der Waals surface area contributed by atoms with E-state index in [0.717, 1.165) is 0 Å². The lowest BCUT2D eigenvalue weighted by molar-refractivity contribution is 0.0550. The molecule has 1 aromatic carbocycles. The number of hydrogen-bond acceptors (Lipinski definition) is 8. The molecule has 1 saturated heterocycles. The van der Waals surface area contributed by atoms with Gasteiger partial charge in [-0.2, -0.15) is 0 Å². The Hall–Kier alpha value is -3.89. The molecule has 1 aromatic heterocycles. The van der Waals surface area contributed by atoms with Crippen LogP contribution < -0.4 is 14.8 Å². The van der Waals surface area contributed by atoms with Crippen LogP contribution in [0.3, 0.4) is 0 Å². The second-order valence-corrected chi connectivity index (χ2v) is 8.82. The number of carbonyl (C=O) groups is 3. The zero-order chi connectivity index (χ0) is 26.6. The van der Waals surface area contributed by atoms with Crippen molar-refractivity contribution in [2.75, 3.05) is 46.3 Å². The van der Waals surface area contributed by atoms with Crippen molar-refractivity contribution in [3.63, 3.8) is 0 Å². The molecule has 36 heavy (non-hydrogen) atoms. The van der Waals surface area contributed by atoms with E-state index in [1.165, 1.54) is 14.2 Å². The average Bonchev–Trinajstić information content (AvgIpc) is 2.87. The van der Waals surface area contributed by atoms with Gasteiger partial charge < -0.3 is 29.3 Å². The number of rotatable bonds is 6. The second kappa shape index (κ2) is 11.2. The molecule has 1 unspecified atom stereocenters. The Morgan fingerprint density at radius 2 is 1.81 bits per heavy atom. The number of amides is 3. The van der Waals surface area contributed by atoms with Crippen molar-refractivity contribution in [1.29, 1.82) is 0 Å². The van der Waals surface area contributed by atoms with Gasteiger partial charge >= 0.3 is 12.0 Å². The van der Waals surface area contributed by atoms with Crippen LogP contribution in [0.4, 0.5) is 10.5 Å². The second-order valence-electron chi connectivity index (χ2n) is 8.82. The van der Waals surface area contributed by atoms with Gasteiger partial charge in [0.1, 0.15) is 28.6 Å². The van der Waals surface area contributed by atoms with Gasteiger partial charge in [-0.1, -0.05) is 13.8 Å². The number of urea groups is 1. The zero-order valence-electron chi connectivity index (χ0n) is 21.7. The highest BCUT2D eigenvalue weighted by Crippen LogP contribution is 2.30. The van der Waals surface area contributed by atoms with Crippen LogP contribution in [-0.2, 0) is 4.74 Å². The third-order valence-electron chi connectivity index (χ3n) is 6.01. The maximum Gasteiger partial charge on any atom is 0.342 e. The number of hydrogen-bond donors (Lipinski definition) is 1. The largest absolute Gasteiger partial charge is 0.497 e. The summed E-state index contributed by atoms with van der Waals surface area (Å²) in [5.41, 5.74) is 1.08. The van der Waals surface area contributed by atoms with E-state index < -0.39 is 11.9 Å². The monoisotopic (exact) mass is 499 g/mol. The molecule has 1 atom stereocenters. The molecule has 2 aromatic rings. The van der Waals surface area contributed by atoms with Crippen molar-refractivity contribution in [3.8, 4) is 11.5 Å². The summed E-state index contributed by atoms with van der Waals surface area (Å²) in [7, 11) is 4.33. The van der Waals surface area contributed by atoms with Gasteiger partial charge in [0.05, 0.1) is 32.7 Å². The Labute approximate surface area is 210 Å². The minimum Gasteiger partial charge on any atom is -0.497 e. The van der Waals surface area contributed by atoms with Crippen LogP contribution in [-0.4, -0.2) is 84.7 Å². The molecular formula is C25H33N5O6. The fourth-order valence-electron chi connectivity index (χ4n) is 4.15. The van der Waals surface area contributed by atoms with Crippen LogP contribution in [0.1, 0.15) is 59.1 Å². The highest BCUT2D eigenvalue weighted by molar-refractivity contribution is 6.05. The first-order valence-electron chi connectivity index (χ1n) is 11.7. The lowest BCUT2D eigenvalue weighted by Crippen LogP contribution is -2.56. The predicted octanol–water partition coefficient (Wildman–Crippen LogP) is 3.09. The molecule has 0 bridgehead atoms. The number of nitrogens with zero attached hydrogens (tertiary/aromatic N) is 4. The molecule has 1 fully saturated rings. The van der Waals surface area contributed by atoms with E-state index in [0.29, 0.717) is 35.2 Å². The summed E-state index contributed by atoms with van der Waals surface area (Å²) in [5, 5.41) is 2.87. The fraction of sp³-hybridized carbons (Fsp3) is 0.480. The van der Waals surface area contributed by atoms with Crippen LogP contribution in [0.25, 0.3) is 0 Å².